The number of H-pyrrole nitrogens is 1. The zero-order chi connectivity index (χ0) is 12.7. The molecule has 0 spiro atoms. The molecule has 1 N–H and O–H groups in total. The summed E-state index contributed by atoms with van der Waals surface area (Å²) in [5.74, 6) is 0.749. The van der Waals surface area contributed by atoms with Gasteiger partial charge in [0.2, 0.25) is 0 Å². The van der Waals surface area contributed by atoms with Crippen molar-refractivity contribution in [2.24, 2.45) is 5.92 Å². The van der Waals surface area contributed by atoms with Crippen LogP contribution in [0.2, 0.25) is 0 Å². The smallest absolute Gasteiger partial charge is 0.0459 e. The Morgan fingerprint density at radius 1 is 1.33 bits per heavy atom. The van der Waals surface area contributed by atoms with Gasteiger partial charge in [-0.25, -0.2) is 0 Å². The molecule has 0 unspecified atom stereocenters. The van der Waals surface area contributed by atoms with E-state index in [0.29, 0.717) is 0 Å². The Morgan fingerprint density at radius 3 is 2.94 bits per heavy atom. The Hall–Kier alpha value is -1.28. The fraction of sp³-hybridized carbons (Fsp3) is 0.500. The molecule has 0 fully saturated rings. The van der Waals surface area contributed by atoms with Crippen molar-refractivity contribution in [1.82, 2.24) is 9.88 Å². The van der Waals surface area contributed by atoms with E-state index in [9.17, 15) is 0 Å². The highest BCUT2D eigenvalue weighted by Gasteiger charge is 2.20. The van der Waals surface area contributed by atoms with Crippen molar-refractivity contribution < 1.29 is 0 Å². The van der Waals surface area contributed by atoms with Gasteiger partial charge in [0.25, 0.3) is 0 Å². The van der Waals surface area contributed by atoms with Gasteiger partial charge in [0.1, 0.15) is 0 Å². The normalized spacial score (nSPS) is 16.4. The maximum atomic E-state index is 3.59. The first kappa shape index (κ1) is 11.8. The summed E-state index contributed by atoms with van der Waals surface area (Å²) in [7, 11) is 0. The van der Waals surface area contributed by atoms with Gasteiger partial charge in [-0.15, -0.1) is 0 Å². The third kappa shape index (κ3) is 2.05. The Bertz CT molecular complexity index is 566. The maximum Gasteiger partial charge on any atom is 0.0459 e. The summed E-state index contributed by atoms with van der Waals surface area (Å²) in [4.78, 5) is 6.18. The van der Waals surface area contributed by atoms with Gasteiger partial charge >= 0.3 is 0 Å². The van der Waals surface area contributed by atoms with Crippen molar-refractivity contribution in [3.63, 3.8) is 0 Å². The highest BCUT2D eigenvalue weighted by atomic mass is 15.1. The van der Waals surface area contributed by atoms with E-state index in [1.807, 2.05) is 0 Å². The lowest BCUT2D eigenvalue weighted by Gasteiger charge is -2.28. The van der Waals surface area contributed by atoms with Gasteiger partial charge < -0.3 is 4.98 Å². The molecular formula is C16H22N2. The predicted octanol–water partition coefficient (Wildman–Crippen LogP) is 3.49. The van der Waals surface area contributed by atoms with Gasteiger partial charge in [0, 0.05) is 42.7 Å². The average Bonchev–Trinajstić information content (AvgIpc) is 2.66. The molecule has 1 aromatic carbocycles. The first-order valence-corrected chi connectivity index (χ1v) is 6.96. The van der Waals surface area contributed by atoms with E-state index in [1.54, 1.807) is 0 Å². The molecule has 2 aromatic rings. The highest BCUT2D eigenvalue weighted by Crippen LogP contribution is 2.28. The van der Waals surface area contributed by atoms with Crippen LogP contribution in [0.15, 0.2) is 18.2 Å². The minimum atomic E-state index is 0.749. The van der Waals surface area contributed by atoms with Gasteiger partial charge in [0.05, 0.1) is 0 Å². The zero-order valence-corrected chi connectivity index (χ0v) is 11.6. The molecule has 1 aliphatic rings. The number of rotatable bonds is 2. The standard InChI is InChI=1S/C16H22N2/c1-11(2)9-18-7-6-16-14(10-18)13-8-12(3)4-5-15(13)17-16/h4-5,8,11,17H,6-7,9-10H2,1-3H3. The maximum absolute atomic E-state index is 3.59. The van der Waals surface area contributed by atoms with Crippen LogP contribution in [0.1, 0.15) is 30.7 Å². The van der Waals surface area contributed by atoms with Crippen LogP contribution < -0.4 is 0 Å². The van der Waals surface area contributed by atoms with Crippen LogP contribution in [-0.4, -0.2) is 23.0 Å². The number of benzene rings is 1. The van der Waals surface area contributed by atoms with Crippen molar-refractivity contribution in [3.8, 4) is 0 Å². The molecule has 0 saturated heterocycles. The number of nitrogens with one attached hydrogen (secondary N) is 1. The lowest BCUT2D eigenvalue weighted by Crippen LogP contribution is -2.33. The molecule has 1 aliphatic heterocycles. The molecule has 0 radical (unpaired) electrons. The van der Waals surface area contributed by atoms with Crippen LogP contribution in [0.5, 0.6) is 0 Å². The number of hydrogen-bond donors (Lipinski definition) is 1. The Balaban J connectivity index is 1.98. The van der Waals surface area contributed by atoms with E-state index in [2.05, 4.69) is 48.9 Å². The summed E-state index contributed by atoms with van der Waals surface area (Å²) in [6.45, 7) is 10.3. The quantitative estimate of drug-likeness (QED) is 0.854. The minimum Gasteiger partial charge on any atom is -0.358 e. The zero-order valence-electron chi connectivity index (χ0n) is 11.6. The van der Waals surface area contributed by atoms with Crippen molar-refractivity contribution in [3.05, 3.63) is 35.0 Å². The molecular weight excluding hydrogens is 220 g/mol. The van der Waals surface area contributed by atoms with Crippen LogP contribution in [0, 0.1) is 12.8 Å². The molecule has 0 bridgehead atoms. The summed E-state index contributed by atoms with van der Waals surface area (Å²) in [6, 6.07) is 6.73. The van der Waals surface area contributed by atoms with Crippen molar-refractivity contribution in [1.29, 1.82) is 0 Å². The molecule has 2 heterocycles. The number of aromatic amines is 1. The first-order chi connectivity index (χ1) is 8.63. The topological polar surface area (TPSA) is 19.0 Å². The van der Waals surface area contributed by atoms with E-state index < -0.39 is 0 Å². The monoisotopic (exact) mass is 242 g/mol. The number of nitrogens with zero attached hydrogens (tertiary/aromatic N) is 1. The Labute approximate surface area is 109 Å². The summed E-state index contributed by atoms with van der Waals surface area (Å²) in [5.41, 5.74) is 5.64. The van der Waals surface area contributed by atoms with Crippen LogP contribution in [-0.2, 0) is 13.0 Å². The first-order valence-electron chi connectivity index (χ1n) is 6.96. The molecule has 0 aliphatic carbocycles. The van der Waals surface area contributed by atoms with Gasteiger partial charge in [-0.1, -0.05) is 25.5 Å². The Morgan fingerprint density at radius 2 is 2.17 bits per heavy atom. The van der Waals surface area contributed by atoms with E-state index in [0.717, 1.165) is 18.9 Å². The largest absolute Gasteiger partial charge is 0.358 e. The number of aromatic nitrogens is 1. The van der Waals surface area contributed by atoms with Crippen molar-refractivity contribution >= 4 is 10.9 Å². The van der Waals surface area contributed by atoms with Gasteiger partial charge in [-0.3, -0.25) is 4.90 Å². The molecule has 0 saturated carbocycles. The van der Waals surface area contributed by atoms with Gasteiger partial charge in [-0.05, 0) is 30.5 Å². The predicted molar refractivity (Wildman–Crippen MR) is 76.9 cm³/mol. The highest BCUT2D eigenvalue weighted by molar-refractivity contribution is 5.85. The molecule has 18 heavy (non-hydrogen) atoms. The second kappa shape index (κ2) is 4.43. The SMILES string of the molecule is Cc1ccc2[nH]c3c(c2c1)CN(CC(C)C)CC3. The van der Waals surface area contributed by atoms with E-state index in [4.69, 9.17) is 0 Å². The average molecular weight is 242 g/mol. The molecule has 2 heteroatoms. The minimum absolute atomic E-state index is 0.749. The van der Waals surface area contributed by atoms with Crippen LogP contribution in [0.4, 0.5) is 0 Å². The summed E-state index contributed by atoms with van der Waals surface area (Å²) in [5, 5.41) is 1.43. The molecule has 3 rings (SSSR count). The van der Waals surface area contributed by atoms with E-state index in [-0.39, 0.29) is 0 Å². The van der Waals surface area contributed by atoms with Crippen LogP contribution in [0.3, 0.4) is 0 Å². The molecule has 0 amide bonds. The summed E-state index contributed by atoms with van der Waals surface area (Å²) in [6.07, 6.45) is 1.16. The second-order valence-electron chi connectivity index (χ2n) is 6.01. The van der Waals surface area contributed by atoms with Crippen molar-refractivity contribution in [2.75, 3.05) is 13.1 Å². The van der Waals surface area contributed by atoms with E-state index >= 15 is 0 Å². The summed E-state index contributed by atoms with van der Waals surface area (Å²) < 4.78 is 0. The molecule has 2 nitrogen and oxygen atoms in total. The fourth-order valence-corrected chi connectivity index (χ4v) is 3.06. The fourth-order valence-electron chi connectivity index (χ4n) is 3.06. The number of aryl methyl sites for hydroxylation is 1. The molecule has 96 valence electrons. The lowest BCUT2D eigenvalue weighted by molar-refractivity contribution is 0.226. The third-order valence-corrected chi connectivity index (χ3v) is 3.83. The molecule has 0 atom stereocenters. The van der Waals surface area contributed by atoms with Crippen LogP contribution >= 0.6 is 0 Å². The molecule has 1 aromatic heterocycles. The number of fused-ring (bicyclic) bond motifs is 3. The van der Waals surface area contributed by atoms with Crippen LogP contribution in [0.25, 0.3) is 10.9 Å². The van der Waals surface area contributed by atoms with E-state index in [1.165, 1.54) is 40.8 Å². The Kier molecular flexibility index (Phi) is 2.90. The van der Waals surface area contributed by atoms with Crippen molar-refractivity contribution in [2.45, 2.75) is 33.7 Å². The van der Waals surface area contributed by atoms with Gasteiger partial charge in [0.15, 0.2) is 0 Å². The number of hydrogen-bond acceptors (Lipinski definition) is 1. The second-order valence-corrected chi connectivity index (χ2v) is 6.01. The summed E-state index contributed by atoms with van der Waals surface area (Å²) >= 11 is 0. The van der Waals surface area contributed by atoms with Gasteiger partial charge in [-0.2, -0.15) is 0 Å². The lowest BCUT2D eigenvalue weighted by atomic mass is 10.0. The third-order valence-electron chi connectivity index (χ3n) is 3.83.